The maximum atomic E-state index is 9.54. The van der Waals surface area contributed by atoms with E-state index in [1.165, 1.54) is 25.0 Å². The van der Waals surface area contributed by atoms with Gasteiger partial charge in [0.05, 0.1) is 5.69 Å². The zero-order valence-corrected chi connectivity index (χ0v) is 10.4. The summed E-state index contributed by atoms with van der Waals surface area (Å²) in [4.78, 5) is 8.70. The maximum Gasteiger partial charge on any atom is 0.115 e. The van der Waals surface area contributed by atoms with Gasteiger partial charge in [-0.3, -0.25) is 0 Å². The van der Waals surface area contributed by atoms with Crippen LogP contribution in [0.3, 0.4) is 0 Å². The molecule has 0 saturated heterocycles. The second-order valence-electron chi connectivity index (χ2n) is 5.98. The first-order valence-corrected chi connectivity index (χ1v) is 6.58. The Labute approximate surface area is 102 Å². The van der Waals surface area contributed by atoms with Gasteiger partial charge in [-0.2, -0.15) is 0 Å². The number of aryl methyl sites for hydroxylation is 1. The van der Waals surface area contributed by atoms with E-state index in [0.29, 0.717) is 6.61 Å². The largest absolute Gasteiger partial charge is 0.396 e. The van der Waals surface area contributed by atoms with Crippen LogP contribution in [-0.4, -0.2) is 21.7 Å². The van der Waals surface area contributed by atoms with E-state index in [4.69, 9.17) is 0 Å². The van der Waals surface area contributed by atoms with E-state index < -0.39 is 0 Å². The molecular weight excluding hydrogens is 212 g/mol. The van der Waals surface area contributed by atoms with Crippen LogP contribution in [0.15, 0.2) is 12.4 Å². The molecule has 4 rings (SSSR count). The van der Waals surface area contributed by atoms with Gasteiger partial charge < -0.3 is 5.11 Å². The van der Waals surface area contributed by atoms with Gasteiger partial charge in [0.2, 0.25) is 0 Å². The highest BCUT2D eigenvalue weighted by Crippen LogP contribution is 2.57. The Morgan fingerprint density at radius 1 is 1.12 bits per heavy atom. The highest BCUT2D eigenvalue weighted by molar-refractivity contribution is 5.22. The molecule has 92 valence electrons. The van der Waals surface area contributed by atoms with Gasteiger partial charge in [0.15, 0.2) is 0 Å². The summed E-state index contributed by atoms with van der Waals surface area (Å²) in [6, 6.07) is 2.15. The molecule has 3 aliphatic carbocycles. The van der Waals surface area contributed by atoms with E-state index >= 15 is 0 Å². The summed E-state index contributed by atoms with van der Waals surface area (Å²) in [5, 5.41) is 9.54. The molecule has 3 heteroatoms. The molecule has 0 amide bonds. The third-order valence-electron chi connectivity index (χ3n) is 5.08. The molecule has 1 aromatic rings. The summed E-state index contributed by atoms with van der Waals surface area (Å²) in [6.45, 7) is 2.40. The zero-order chi connectivity index (χ0) is 11.9. The Morgan fingerprint density at radius 2 is 1.76 bits per heavy atom. The quantitative estimate of drug-likeness (QED) is 0.851. The highest BCUT2D eigenvalue weighted by Gasteiger charge is 2.49. The van der Waals surface area contributed by atoms with Crippen LogP contribution in [0.2, 0.25) is 0 Å². The molecule has 3 nitrogen and oxygen atoms in total. The van der Waals surface area contributed by atoms with Crippen molar-refractivity contribution < 1.29 is 5.11 Å². The van der Waals surface area contributed by atoms with Gasteiger partial charge in [-0.05, 0) is 56.9 Å². The van der Waals surface area contributed by atoms with Gasteiger partial charge in [-0.15, -0.1) is 0 Å². The van der Waals surface area contributed by atoms with Crippen LogP contribution in [0.4, 0.5) is 0 Å². The van der Waals surface area contributed by atoms with Crippen molar-refractivity contribution in [1.82, 2.24) is 9.97 Å². The molecule has 0 spiro atoms. The molecule has 0 atom stereocenters. The predicted molar refractivity (Wildman–Crippen MR) is 65.7 cm³/mol. The van der Waals surface area contributed by atoms with Crippen molar-refractivity contribution in [3.8, 4) is 0 Å². The minimum absolute atomic E-state index is 0.240. The van der Waals surface area contributed by atoms with Crippen molar-refractivity contribution >= 4 is 0 Å². The van der Waals surface area contributed by atoms with Crippen molar-refractivity contribution in [3.05, 3.63) is 23.8 Å². The van der Waals surface area contributed by atoms with Crippen LogP contribution in [0, 0.1) is 12.3 Å². The standard InChI is InChI=1S/C14H20N2O/c1-11-8-12(16-10-15-11)14-5-2-13(9-17,3-6-14)4-7-14/h8,10,17H,2-7,9H2,1H3. The lowest BCUT2D eigenvalue weighted by Gasteiger charge is -2.52. The fraction of sp³-hybridized carbons (Fsp3) is 0.714. The lowest BCUT2D eigenvalue weighted by atomic mass is 9.53. The first-order chi connectivity index (χ1) is 8.18. The third-order valence-corrected chi connectivity index (χ3v) is 5.08. The second kappa shape index (κ2) is 3.77. The van der Waals surface area contributed by atoms with Crippen LogP contribution in [0.5, 0.6) is 0 Å². The molecule has 0 unspecified atom stereocenters. The van der Waals surface area contributed by atoms with Crippen molar-refractivity contribution in [1.29, 1.82) is 0 Å². The van der Waals surface area contributed by atoms with E-state index in [9.17, 15) is 5.11 Å². The first kappa shape index (κ1) is 11.1. The van der Waals surface area contributed by atoms with E-state index in [-0.39, 0.29) is 10.8 Å². The topological polar surface area (TPSA) is 46.0 Å². The number of aromatic nitrogens is 2. The highest BCUT2D eigenvalue weighted by atomic mass is 16.3. The molecule has 2 bridgehead atoms. The molecule has 1 N–H and O–H groups in total. The molecular formula is C14H20N2O. The fourth-order valence-corrected chi connectivity index (χ4v) is 3.63. The number of aliphatic hydroxyl groups excluding tert-OH is 1. The number of hydrogen-bond acceptors (Lipinski definition) is 3. The van der Waals surface area contributed by atoms with Crippen molar-refractivity contribution in [2.45, 2.75) is 50.9 Å². The van der Waals surface area contributed by atoms with Crippen molar-refractivity contribution in [2.24, 2.45) is 5.41 Å². The van der Waals surface area contributed by atoms with Gasteiger partial charge in [0, 0.05) is 17.7 Å². The average molecular weight is 232 g/mol. The molecule has 0 radical (unpaired) electrons. The Hall–Kier alpha value is -0.960. The molecule has 3 fully saturated rings. The van der Waals surface area contributed by atoms with E-state index in [0.717, 1.165) is 25.0 Å². The molecule has 0 aliphatic heterocycles. The van der Waals surface area contributed by atoms with Gasteiger partial charge in [0.25, 0.3) is 0 Å². The third kappa shape index (κ3) is 1.68. The minimum Gasteiger partial charge on any atom is -0.396 e. The number of hydrogen-bond donors (Lipinski definition) is 1. The molecule has 0 aromatic carbocycles. The van der Waals surface area contributed by atoms with Crippen molar-refractivity contribution in [3.63, 3.8) is 0 Å². The summed E-state index contributed by atoms with van der Waals surface area (Å²) in [5.74, 6) is 0. The predicted octanol–water partition coefficient (Wildman–Crippen LogP) is 2.37. The molecule has 3 saturated carbocycles. The number of aliphatic hydroxyl groups is 1. The Morgan fingerprint density at radius 3 is 2.29 bits per heavy atom. The van der Waals surface area contributed by atoms with E-state index in [1.54, 1.807) is 6.33 Å². The molecule has 1 aromatic heterocycles. The molecule has 17 heavy (non-hydrogen) atoms. The van der Waals surface area contributed by atoms with Crippen molar-refractivity contribution in [2.75, 3.05) is 6.61 Å². The monoisotopic (exact) mass is 232 g/mol. The van der Waals surface area contributed by atoms with Gasteiger partial charge in [-0.1, -0.05) is 0 Å². The second-order valence-corrected chi connectivity index (χ2v) is 5.98. The van der Waals surface area contributed by atoms with E-state index in [2.05, 4.69) is 16.0 Å². The van der Waals surface area contributed by atoms with Crippen LogP contribution >= 0.6 is 0 Å². The van der Waals surface area contributed by atoms with E-state index in [1.807, 2.05) is 6.92 Å². The number of rotatable bonds is 2. The van der Waals surface area contributed by atoms with Gasteiger partial charge in [-0.25, -0.2) is 9.97 Å². The maximum absolute atomic E-state index is 9.54. The summed E-state index contributed by atoms with van der Waals surface area (Å²) in [6.07, 6.45) is 8.73. The van der Waals surface area contributed by atoms with Gasteiger partial charge >= 0.3 is 0 Å². The van der Waals surface area contributed by atoms with Crippen LogP contribution < -0.4 is 0 Å². The van der Waals surface area contributed by atoms with Crippen LogP contribution in [0.25, 0.3) is 0 Å². The SMILES string of the molecule is Cc1cc(C23CCC(CO)(CC2)CC3)ncn1. The Kier molecular flexibility index (Phi) is 2.47. The fourth-order valence-electron chi connectivity index (χ4n) is 3.63. The lowest BCUT2D eigenvalue weighted by Crippen LogP contribution is -2.46. The summed E-state index contributed by atoms with van der Waals surface area (Å²) in [7, 11) is 0. The minimum atomic E-state index is 0.240. The summed E-state index contributed by atoms with van der Waals surface area (Å²) < 4.78 is 0. The molecule has 3 aliphatic rings. The van der Waals surface area contributed by atoms with Gasteiger partial charge in [0.1, 0.15) is 6.33 Å². The Balaban J connectivity index is 1.90. The zero-order valence-electron chi connectivity index (χ0n) is 10.4. The number of nitrogens with zero attached hydrogens (tertiary/aromatic N) is 2. The Bertz CT molecular complexity index is 405. The summed E-state index contributed by atoms with van der Waals surface area (Å²) >= 11 is 0. The summed E-state index contributed by atoms with van der Waals surface area (Å²) in [5.41, 5.74) is 2.82. The number of fused-ring (bicyclic) bond motifs is 3. The lowest BCUT2D eigenvalue weighted by molar-refractivity contribution is -0.00834. The first-order valence-electron chi connectivity index (χ1n) is 6.58. The van der Waals surface area contributed by atoms with Crippen LogP contribution in [-0.2, 0) is 5.41 Å². The van der Waals surface area contributed by atoms with Crippen LogP contribution in [0.1, 0.15) is 49.9 Å². The normalized spacial score (nSPS) is 36.1. The smallest absolute Gasteiger partial charge is 0.115 e. The average Bonchev–Trinajstić information content (AvgIpc) is 2.41. The molecule has 1 heterocycles.